The highest BCUT2D eigenvalue weighted by atomic mass is 16.2. The molecule has 0 unspecified atom stereocenters. The van der Waals surface area contributed by atoms with Crippen LogP contribution < -0.4 is 10.6 Å². The van der Waals surface area contributed by atoms with E-state index < -0.39 is 6.04 Å². The van der Waals surface area contributed by atoms with Gasteiger partial charge in [0.05, 0.1) is 13.0 Å². The summed E-state index contributed by atoms with van der Waals surface area (Å²) < 4.78 is 0. The number of benzene rings is 1. The lowest BCUT2D eigenvalue weighted by molar-refractivity contribution is -0.145. The standard InChI is InChI=1S/C20H29N5O3/c1-15-3-5-16(6-4-15)22-18(26)13-17-20(28)21-7-8-25(17)19(27)14-24-11-9-23(2)10-12-24/h3-6,17H,7-14H2,1-2H3,(H,21,28)(H,22,26)/t17-/m0/s1. The zero-order valence-electron chi connectivity index (χ0n) is 16.6. The quantitative estimate of drug-likeness (QED) is 0.737. The van der Waals surface area contributed by atoms with Crippen molar-refractivity contribution in [1.82, 2.24) is 20.0 Å². The zero-order valence-corrected chi connectivity index (χ0v) is 16.6. The summed E-state index contributed by atoms with van der Waals surface area (Å²) in [4.78, 5) is 43.6. The number of rotatable bonds is 5. The Morgan fingerprint density at radius 2 is 1.79 bits per heavy atom. The van der Waals surface area contributed by atoms with Crippen LogP contribution in [0.15, 0.2) is 24.3 Å². The molecule has 0 aliphatic carbocycles. The van der Waals surface area contributed by atoms with Crippen molar-refractivity contribution in [2.24, 2.45) is 0 Å². The summed E-state index contributed by atoms with van der Waals surface area (Å²) in [5.74, 6) is -0.632. The molecule has 8 nitrogen and oxygen atoms in total. The largest absolute Gasteiger partial charge is 0.353 e. The highest BCUT2D eigenvalue weighted by molar-refractivity contribution is 5.97. The number of aryl methyl sites for hydroxylation is 1. The van der Waals surface area contributed by atoms with Gasteiger partial charge in [0, 0.05) is 45.0 Å². The van der Waals surface area contributed by atoms with Gasteiger partial charge in [-0.2, -0.15) is 0 Å². The molecule has 152 valence electrons. The van der Waals surface area contributed by atoms with Crippen molar-refractivity contribution in [3.63, 3.8) is 0 Å². The van der Waals surface area contributed by atoms with Crippen molar-refractivity contribution in [3.8, 4) is 0 Å². The summed E-state index contributed by atoms with van der Waals surface area (Å²) in [7, 11) is 2.07. The minimum Gasteiger partial charge on any atom is -0.353 e. The molecule has 0 bridgehead atoms. The number of nitrogens with one attached hydrogen (secondary N) is 2. The van der Waals surface area contributed by atoms with E-state index in [1.54, 1.807) is 4.90 Å². The Labute approximate surface area is 165 Å². The van der Waals surface area contributed by atoms with Gasteiger partial charge >= 0.3 is 0 Å². The first-order valence-electron chi connectivity index (χ1n) is 9.77. The number of likely N-dealkylation sites (N-methyl/N-ethyl adjacent to an activating group) is 1. The maximum Gasteiger partial charge on any atom is 0.243 e. The van der Waals surface area contributed by atoms with Crippen LogP contribution in [0.1, 0.15) is 12.0 Å². The third-order valence-corrected chi connectivity index (χ3v) is 5.32. The van der Waals surface area contributed by atoms with E-state index in [0.29, 0.717) is 18.8 Å². The van der Waals surface area contributed by atoms with Gasteiger partial charge in [0.25, 0.3) is 0 Å². The molecule has 28 heavy (non-hydrogen) atoms. The molecule has 0 radical (unpaired) electrons. The van der Waals surface area contributed by atoms with Crippen LogP contribution in [0.4, 0.5) is 5.69 Å². The summed E-state index contributed by atoms with van der Waals surface area (Å²) in [5, 5.41) is 5.58. The second-order valence-electron chi connectivity index (χ2n) is 7.59. The van der Waals surface area contributed by atoms with E-state index in [-0.39, 0.29) is 30.7 Å². The molecule has 1 atom stereocenters. The summed E-state index contributed by atoms with van der Waals surface area (Å²) in [6.45, 7) is 6.64. The fraction of sp³-hybridized carbons (Fsp3) is 0.550. The van der Waals surface area contributed by atoms with Crippen molar-refractivity contribution in [2.45, 2.75) is 19.4 Å². The average molecular weight is 387 g/mol. The van der Waals surface area contributed by atoms with E-state index in [4.69, 9.17) is 0 Å². The summed E-state index contributed by atoms with van der Waals surface area (Å²) in [6.07, 6.45) is -0.0474. The molecule has 2 fully saturated rings. The van der Waals surface area contributed by atoms with E-state index in [1.165, 1.54) is 0 Å². The number of hydrogen-bond donors (Lipinski definition) is 2. The Hall–Kier alpha value is -2.45. The van der Waals surface area contributed by atoms with Crippen LogP contribution in [-0.4, -0.2) is 91.3 Å². The molecule has 2 saturated heterocycles. The highest BCUT2D eigenvalue weighted by Crippen LogP contribution is 2.14. The molecule has 2 aliphatic heterocycles. The molecule has 0 spiro atoms. The Morgan fingerprint density at radius 3 is 2.46 bits per heavy atom. The van der Waals surface area contributed by atoms with E-state index >= 15 is 0 Å². The fourth-order valence-electron chi connectivity index (χ4n) is 3.53. The lowest BCUT2D eigenvalue weighted by Gasteiger charge is -2.37. The second kappa shape index (κ2) is 9.16. The first-order chi connectivity index (χ1) is 13.4. The first kappa shape index (κ1) is 20.3. The minimum atomic E-state index is -0.765. The van der Waals surface area contributed by atoms with Gasteiger partial charge in [-0.3, -0.25) is 19.3 Å². The van der Waals surface area contributed by atoms with Crippen LogP contribution in [0.25, 0.3) is 0 Å². The van der Waals surface area contributed by atoms with Gasteiger partial charge in [0.1, 0.15) is 6.04 Å². The number of nitrogens with zero attached hydrogens (tertiary/aromatic N) is 3. The maximum atomic E-state index is 12.8. The van der Waals surface area contributed by atoms with E-state index in [2.05, 4.69) is 27.5 Å². The summed E-state index contributed by atoms with van der Waals surface area (Å²) >= 11 is 0. The number of amides is 3. The molecular formula is C20H29N5O3. The van der Waals surface area contributed by atoms with Gasteiger partial charge in [0.15, 0.2) is 0 Å². The van der Waals surface area contributed by atoms with Crippen molar-refractivity contribution in [2.75, 3.05) is 58.2 Å². The molecule has 2 aliphatic rings. The van der Waals surface area contributed by atoms with Gasteiger partial charge in [-0.1, -0.05) is 17.7 Å². The van der Waals surface area contributed by atoms with E-state index in [0.717, 1.165) is 31.7 Å². The van der Waals surface area contributed by atoms with Gasteiger partial charge in [0.2, 0.25) is 17.7 Å². The van der Waals surface area contributed by atoms with E-state index in [1.807, 2.05) is 31.2 Å². The lowest BCUT2D eigenvalue weighted by atomic mass is 10.1. The predicted octanol–water partition coefficient (Wildman–Crippen LogP) is -0.102. The summed E-state index contributed by atoms with van der Waals surface area (Å²) in [6, 6.07) is 6.71. The zero-order chi connectivity index (χ0) is 20.1. The molecule has 1 aromatic rings. The Bertz CT molecular complexity index is 713. The first-order valence-corrected chi connectivity index (χ1v) is 9.77. The molecule has 3 amide bonds. The van der Waals surface area contributed by atoms with Gasteiger partial charge in [-0.25, -0.2) is 0 Å². The molecule has 0 aromatic heterocycles. The number of hydrogen-bond acceptors (Lipinski definition) is 5. The van der Waals surface area contributed by atoms with Crippen molar-refractivity contribution in [1.29, 1.82) is 0 Å². The highest BCUT2D eigenvalue weighted by Gasteiger charge is 2.35. The Balaban J connectivity index is 1.59. The maximum absolute atomic E-state index is 12.8. The molecular weight excluding hydrogens is 358 g/mol. The topological polar surface area (TPSA) is 85.0 Å². The third kappa shape index (κ3) is 5.30. The van der Waals surface area contributed by atoms with Crippen molar-refractivity contribution >= 4 is 23.4 Å². The Kier molecular flexibility index (Phi) is 6.64. The molecule has 1 aromatic carbocycles. The molecule has 2 heterocycles. The number of anilines is 1. The molecule has 8 heteroatoms. The normalized spacial score (nSPS) is 21.3. The minimum absolute atomic E-state index is 0.0474. The van der Waals surface area contributed by atoms with Gasteiger partial charge in [-0.05, 0) is 26.1 Å². The predicted molar refractivity (Wildman–Crippen MR) is 107 cm³/mol. The van der Waals surface area contributed by atoms with Gasteiger partial charge < -0.3 is 20.4 Å². The van der Waals surface area contributed by atoms with Crippen molar-refractivity contribution in [3.05, 3.63) is 29.8 Å². The van der Waals surface area contributed by atoms with Crippen LogP contribution in [0, 0.1) is 6.92 Å². The monoisotopic (exact) mass is 387 g/mol. The Morgan fingerprint density at radius 1 is 1.11 bits per heavy atom. The van der Waals surface area contributed by atoms with Crippen LogP contribution >= 0.6 is 0 Å². The lowest BCUT2D eigenvalue weighted by Crippen LogP contribution is -2.60. The average Bonchev–Trinajstić information content (AvgIpc) is 2.67. The molecule has 3 rings (SSSR count). The fourth-order valence-corrected chi connectivity index (χ4v) is 3.53. The number of carbonyl (C=O) groups excluding carboxylic acids is 3. The summed E-state index contributed by atoms with van der Waals surface area (Å²) in [5.41, 5.74) is 1.78. The molecule has 0 saturated carbocycles. The number of carbonyl (C=O) groups is 3. The van der Waals surface area contributed by atoms with Gasteiger partial charge in [-0.15, -0.1) is 0 Å². The van der Waals surface area contributed by atoms with E-state index in [9.17, 15) is 14.4 Å². The second-order valence-corrected chi connectivity index (χ2v) is 7.59. The SMILES string of the molecule is Cc1ccc(NC(=O)C[C@H]2C(=O)NCCN2C(=O)CN2CCN(C)CC2)cc1. The van der Waals surface area contributed by atoms with Crippen LogP contribution in [0.3, 0.4) is 0 Å². The third-order valence-electron chi connectivity index (χ3n) is 5.32. The number of piperazine rings is 2. The smallest absolute Gasteiger partial charge is 0.243 e. The van der Waals surface area contributed by atoms with Crippen molar-refractivity contribution < 1.29 is 14.4 Å². The molecule has 2 N–H and O–H groups in total. The van der Waals surface area contributed by atoms with Crippen LogP contribution in [0.2, 0.25) is 0 Å². The van der Waals surface area contributed by atoms with Crippen LogP contribution in [0.5, 0.6) is 0 Å². The van der Waals surface area contributed by atoms with Crippen LogP contribution in [-0.2, 0) is 14.4 Å².